The molecule has 0 fully saturated rings. The number of anilines is 1. The molecule has 0 bridgehead atoms. The Labute approximate surface area is 110 Å². The molecule has 0 aliphatic heterocycles. The molecule has 0 saturated carbocycles. The molecule has 0 atom stereocenters. The molecule has 19 heavy (non-hydrogen) atoms. The van der Waals surface area contributed by atoms with Crippen molar-refractivity contribution in [3.8, 4) is 11.5 Å². The molecule has 0 radical (unpaired) electrons. The Hall–Kier alpha value is -2.56. The van der Waals surface area contributed by atoms with Gasteiger partial charge in [-0.1, -0.05) is 25.1 Å². The molecule has 2 rings (SSSR count). The Morgan fingerprint density at radius 3 is 2.68 bits per heavy atom. The number of nitrogen functional groups attached to an aromatic ring is 1. The Balaban J connectivity index is 2.35. The Morgan fingerprint density at radius 1 is 1.26 bits per heavy atom. The van der Waals surface area contributed by atoms with Crippen LogP contribution in [0, 0.1) is 10.1 Å². The van der Waals surface area contributed by atoms with E-state index in [0.29, 0.717) is 17.2 Å². The number of rotatable bonds is 4. The molecule has 2 aromatic carbocycles. The lowest BCUT2D eigenvalue weighted by Gasteiger charge is -2.10. The number of nitrogens with two attached hydrogens (primary N) is 1. The Kier molecular flexibility index (Phi) is 3.66. The fourth-order valence-corrected chi connectivity index (χ4v) is 1.79. The van der Waals surface area contributed by atoms with Crippen LogP contribution in [0.5, 0.6) is 11.5 Å². The van der Waals surface area contributed by atoms with Gasteiger partial charge in [0.05, 0.1) is 11.0 Å². The van der Waals surface area contributed by atoms with Crippen molar-refractivity contribution in [3.63, 3.8) is 0 Å². The van der Waals surface area contributed by atoms with Crippen molar-refractivity contribution in [1.29, 1.82) is 0 Å². The summed E-state index contributed by atoms with van der Waals surface area (Å²) in [5.74, 6) is 1.05. The molecular weight excluding hydrogens is 244 g/mol. The van der Waals surface area contributed by atoms with Crippen LogP contribution in [0.15, 0.2) is 42.5 Å². The summed E-state index contributed by atoms with van der Waals surface area (Å²) in [5, 5.41) is 10.8. The zero-order valence-corrected chi connectivity index (χ0v) is 10.5. The lowest BCUT2D eigenvalue weighted by Crippen LogP contribution is -1.95. The molecule has 0 aromatic heterocycles. The standard InChI is InChI=1S/C14H14N2O3/c1-2-10-5-3-4-6-14(10)19-13-8-11(15)7-12(9-13)16(17)18/h3-9H,2,15H2,1H3. The molecule has 0 amide bonds. The lowest BCUT2D eigenvalue weighted by atomic mass is 10.1. The number of nitro groups is 1. The second-order valence-corrected chi connectivity index (χ2v) is 4.08. The largest absolute Gasteiger partial charge is 0.457 e. The van der Waals surface area contributed by atoms with Crippen molar-refractivity contribution in [2.75, 3.05) is 5.73 Å². The van der Waals surface area contributed by atoms with E-state index in [-0.39, 0.29) is 5.69 Å². The molecule has 5 nitrogen and oxygen atoms in total. The molecule has 0 spiro atoms. The molecule has 2 aromatic rings. The van der Waals surface area contributed by atoms with Gasteiger partial charge >= 0.3 is 0 Å². The van der Waals surface area contributed by atoms with E-state index in [4.69, 9.17) is 10.5 Å². The number of hydrogen-bond acceptors (Lipinski definition) is 4. The molecule has 98 valence electrons. The van der Waals surface area contributed by atoms with Crippen LogP contribution in [-0.2, 0) is 6.42 Å². The maximum Gasteiger partial charge on any atom is 0.275 e. The second-order valence-electron chi connectivity index (χ2n) is 4.08. The van der Waals surface area contributed by atoms with Gasteiger partial charge in [0.25, 0.3) is 5.69 Å². The second kappa shape index (κ2) is 5.39. The van der Waals surface area contributed by atoms with Gasteiger partial charge in [0, 0.05) is 17.8 Å². The fraction of sp³-hybridized carbons (Fsp3) is 0.143. The van der Waals surface area contributed by atoms with Crippen molar-refractivity contribution >= 4 is 11.4 Å². The topological polar surface area (TPSA) is 78.4 Å². The summed E-state index contributed by atoms with van der Waals surface area (Å²) in [7, 11) is 0. The molecular formula is C14H14N2O3. The van der Waals surface area contributed by atoms with E-state index in [1.807, 2.05) is 31.2 Å². The summed E-state index contributed by atoms with van der Waals surface area (Å²) in [6, 6.07) is 11.8. The lowest BCUT2D eigenvalue weighted by molar-refractivity contribution is -0.384. The van der Waals surface area contributed by atoms with Crippen LogP contribution in [0.4, 0.5) is 11.4 Å². The molecule has 0 unspecified atom stereocenters. The van der Waals surface area contributed by atoms with Gasteiger partial charge in [-0.2, -0.15) is 0 Å². The van der Waals surface area contributed by atoms with Crippen LogP contribution >= 0.6 is 0 Å². The number of benzene rings is 2. The molecule has 0 aliphatic carbocycles. The van der Waals surface area contributed by atoms with Crippen molar-refractivity contribution in [1.82, 2.24) is 0 Å². The first-order valence-electron chi connectivity index (χ1n) is 5.91. The maximum absolute atomic E-state index is 10.8. The summed E-state index contributed by atoms with van der Waals surface area (Å²) in [4.78, 5) is 10.3. The monoisotopic (exact) mass is 258 g/mol. The van der Waals surface area contributed by atoms with Crippen LogP contribution in [0.3, 0.4) is 0 Å². The number of nitro benzene ring substituents is 1. The van der Waals surface area contributed by atoms with E-state index in [2.05, 4.69) is 0 Å². The minimum Gasteiger partial charge on any atom is -0.457 e. The summed E-state index contributed by atoms with van der Waals surface area (Å²) in [5.41, 5.74) is 6.90. The SMILES string of the molecule is CCc1ccccc1Oc1cc(N)cc([N+](=O)[O-])c1. The minimum absolute atomic E-state index is 0.0796. The molecule has 0 saturated heterocycles. The van der Waals surface area contributed by atoms with Crippen LogP contribution in [0.1, 0.15) is 12.5 Å². The molecule has 0 aliphatic rings. The third-order valence-corrected chi connectivity index (χ3v) is 2.71. The van der Waals surface area contributed by atoms with Gasteiger partial charge in [-0.15, -0.1) is 0 Å². The molecule has 5 heteroatoms. The highest BCUT2D eigenvalue weighted by Gasteiger charge is 2.10. The zero-order valence-electron chi connectivity index (χ0n) is 10.5. The van der Waals surface area contributed by atoms with Gasteiger partial charge in [-0.25, -0.2) is 0 Å². The first-order valence-corrected chi connectivity index (χ1v) is 5.91. The number of hydrogen-bond donors (Lipinski definition) is 1. The van der Waals surface area contributed by atoms with Gasteiger partial charge in [0.1, 0.15) is 11.5 Å². The smallest absolute Gasteiger partial charge is 0.275 e. The third-order valence-electron chi connectivity index (χ3n) is 2.71. The Bertz CT molecular complexity index is 611. The van der Waals surface area contributed by atoms with Crippen molar-refractivity contribution in [2.24, 2.45) is 0 Å². The number of ether oxygens (including phenoxy) is 1. The number of nitrogens with zero attached hydrogens (tertiary/aromatic N) is 1. The maximum atomic E-state index is 10.8. The summed E-state index contributed by atoms with van der Waals surface area (Å²) in [6.45, 7) is 2.02. The van der Waals surface area contributed by atoms with Gasteiger partial charge in [0.15, 0.2) is 0 Å². The van der Waals surface area contributed by atoms with Crippen molar-refractivity contribution in [2.45, 2.75) is 13.3 Å². The van der Waals surface area contributed by atoms with Gasteiger partial charge in [0.2, 0.25) is 0 Å². The van der Waals surface area contributed by atoms with E-state index in [9.17, 15) is 10.1 Å². The molecule has 0 heterocycles. The summed E-state index contributed by atoms with van der Waals surface area (Å²) >= 11 is 0. The van der Waals surface area contributed by atoms with E-state index >= 15 is 0 Å². The van der Waals surface area contributed by atoms with E-state index in [1.165, 1.54) is 12.1 Å². The van der Waals surface area contributed by atoms with Crippen LogP contribution in [0.2, 0.25) is 0 Å². The van der Waals surface area contributed by atoms with Gasteiger partial charge < -0.3 is 10.5 Å². The minimum atomic E-state index is -0.491. The molecule has 2 N–H and O–H groups in total. The predicted molar refractivity (Wildman–Crippen MR) is 73.4 cm³/mol. The van der Waals surface area contributed by atoms with E-state index in [1.54, 1.807) is 6.07 Å². The summed E-state index contributed by atoms with van der Waals surface area (Å²) in [6.07, 6.45) is 0.820. The quantitative estimate of drug-likeness (QED) is 0.517. The average molecular weight is 258 g/mol. The van der Waals surface area contributed by atoms with E-state index in [0.717, 1.165) is 12.0 Å². The van der Waals surface area contributed by atoms with Crippen LogP contribution in [-0.4, -0.2) is 4.92 Å². The zero-order chi connectivity index (χ0) is 13.8. The van der Waals surface area contributed by atoms with Crippen molar-refractivity contribution in [3.05, 3.63) is 58.1 Å². The van der Waals surface area contributed by atoms with Crippen LogP contribution < -0.4 is 10.5 Å². The normalized spacial score (nSPS) is 10.2. The Morgan fingerprint density at radius 2 is 2.00 bits per heavy atom. The first kappa shape index (κ1) is 12.9. The van der Waals surface area contributed by atoms with Crippen LogP contribution in [0.25, 0.3) is 0 Å². The highest BCUT2D eigenvalue weighted by Crippen LogP contribution is 2.30. The van der Waals surface area contributed by atoms with E-state index < -0.39 is 4.92 Å². The number of para-hydroxylation sites is 1. The summed E-state index contributed by atoms with van der Waals surface area (Å²) < 4.78 is 5.69. The number of non-ortho nitro benzene ring substituents is 1. The highest BCUT2D eigenvalue weighted by atomic mass is 16.6. The third kappa shape index (κ3) is 3.01. The average Bonchev–Trinajstić information content (AvgIpc) is 2.38. The first-order chi connectivity index (χ1) is 9.10. The van der Waals surface area contributed by atoms with Crippen molar-refractivity contribution < 1.29 is 9.66 Å². The van der Waals surface area contributed by atoms with Gasteiger partial charge in [-0.05, 0) is 18.1 Å². The predicted octanol–water partition coefficient (Wildman–Crippen LogP) is 3.53. The van der Waals surface area contributed by atoms with Gasteiger partial charge in [-0.3, -0.25) is 10.1 Å². The number of aryl methyl sites for hydroxylation is 1. The highest BCUT2D eigenvalue weighted by molar-refractivity contribution is 5.54. The fourth-order valence-electron chi connectivity index (χ4n) is 1.79.